The van der Waals surface area contributed by atoms with Crippen LogP contribution >= 0.6 is 22.7 Å². The number of imidazole rings is 1. The number of fused-ring (bicyclic) bond motifs is 1. The van der Waals surface area contributed by atoms with E-state index in [0.717, 1.165) is 50.8 Å². The van der Waals surface area contributed by atoms with Crippen LogP contribution in [0.3, 0.4) is 0 Å². The van der Waals surface area contributed by atoms with Crippen molar-refractivity contribution in [3.05, 3.63) is 29.7 Å². The summed E-state index contributed by atoms with van der Waals surface area (Å²) < 4.78 is 15.6. The Kier molecular flexibility index (Phi) is 5.42. The molecule has 28 heavy (non-hydrogen) atoms. The van der Waals surface area contributed by atoms with Gasteiger partial charge in [0.05, 0.1) is 11.9 Å². The molecule has 146 valence electrons. The SMILES string of the molecule is CCCC[S@@+]([O-])c1sc2nc(-c3nccs3)cc(-c3cnc(C)n3C)c2c1N. The molecule has 0 aromatic carbocycles. The van der Waals surface area contributed by atoms with Crippen LogP contribution in [0.2, 0.25) is 0 Å². The van der Waals surface area contributed by atoms with Crippen LogP contribution < -0.4 is 5.73 Å². The molecule has 4 aromatic rings. The van der Waals surface area contributed by atoms with Crippen molar-refractivity contribution >= 4 is 49.8 Å². The van der Waals surface area contributed by atoms with Crippen molar-refractivity contribution in [3.63, 3.8) is 0 Å². The number of nitrogens with two attached hydrogens (primary N) is 1. The smallest absolute Gasteiger partial charge is 0.232 e. The van der Waals surface area contributed by atoms with Gasteiger partial charge in [-0.05, 0) is 30.6 Å². The summed E-state index contributed by atoms with van der Waals surface area (Å²) in [5.74, 6) is 1.53. The predicted octanol–water partition coefficient (Wildman–Crippen LogP) is 4.62. The molecule has 4 heterocycles. The van der Waals surface area contributed by atoms with E-state index < -0.39 is 11.2 Å². The molecule has 6 nitrogen and oxygen atoms in total. The van der Waals surface area contributed by atoms with Gasteiger partial charge in [-0.15, -0.1) is 11.3 Å². The van der Waals surface area contributed by atoms with Gasteiger partial charge in [-0.1, -0.05) is 24.7 Å². The van der Waals surface area contributed by atoms with E-state index in [1.54, 1.807) is 17.5 Å². The van der Waals surface area contributed by atoms with E-state index in [0.29, 0.717) is 15.6 Å². The molecule has 0 amide bonds. The van der Waals surface area contributed by atoms with Crippen molar-refractivity contribution in [1.29, 1.82) is 0 Å². The number of anilines is 1. The fourth-order valence-electron chi connectivity index (χ4n) is 3.05. The Morgan fingerprint density at radius 2 is 2.14 bits per heavy atom. The molecule has 4 rings (SSSR count). The van der Waals surface area contributed by atoms with Crippen LogP contribution in [0.1, 0.15) is 25.6 Å². The lowest BCUT2D eigenvalue weighted by Crippen LogP contribution is -2.07. The minimum atomic E-state index is -1.12. The van der Waals surface area contributed by atoms with Crippen LogP contribution in [0.4, 0.5) is 5.69 Å². The zero-order chi connectivity index (χ0) is 19.8. The monoisotopic (exact) mass is 431 g/mol. The Labute approximate surface area is 174 Å². The van der Waals surface area contributed by atoms with Crippen LogP contribution in [0.25, 0.3) is 32.2 Å². The average Bonchev–Trinajstić information content (AvgIpc) is 3.41. The van der Waals surface area contributed by atoms with Crippen LogP contribution in [-0.4, -0.2) is 29.8 Å². The number of nitrogen functional groups attached to an aromatic ring is 1. The quantitative estimate of drug-likeness (QED) is 0.450. The Morgan fingerprint density at radius 3 is 2.79 bits per heavy atom. The molecular weight excluding hydrogens is 410 g/mol. The first-order chi connectivity index (χ1) is 13.5. The van der Waals surface area contributed by atoms with Crippen LogP contribution in [0, 0.1) is 6.92 Å². The third-order valence-corrected chi connectivity index (χ3v) is 8.49. The maximum atomic E-state index is 12.8. The van der Waals surface area contributed by atoms with E-state index >= 15 is 0 Å². The first kappa shape index (κ1) is 19.4. The van der Waals surface area contributed by atoms with Crippen molar-refractivity contribution in [2.75, 3.05) is 11.5 Å². The standard InChI is InChI=1S/C19H21N5OS3/c1-4-5-8-28(25)19-16(20)15-12(14-10-22-11(2)24(14)3)9-13(23-18(15)27-19)17-21-6-7-26-17/h6-7,9-10H,4-5,8,20H2,1-3H3/t28-/m1/s1. The van der Waals surface area contributed by atoms with Crippen molar-refractivity contribution in [2.24, 2.45) is 7.05 Å². The minimum absolute atomic E-state index is 0.571. The summed E-state index contributed by atoms with van der Waals surface area (Å²) in [6.45, 7) is 4.06. The molecule has 0 unspecified atom stereocenters. The number of thiazole rings is 1. The van der Waals surface area contributed by atoms with Gasteiger partial charge < -0.3 is 14.9 Å². The van der Waals surface area contributed by atoms with Gasteiger partial charge in [0.1, 0.15) is 32.8 Å². The Balaban J connectivity index is 1.96. The van der Waals surface area contributed by atoms with Gasteiger partial charge >= 0.3 is 0 Å². The van der Waals surface area contributed by atoms with Crippen LogP contribution in [-0.2, 0) is 18.2 Å². The molecule has 2 N–H and O–H groups in total. The molecule has 9 heteroatoms. The molecule has 1 atom stereocenters. The third-order valence-electron chi connectivity index (χ3n) is 4.70. The highest BCUT2D eigenvalue weighted by atomic mass is 32.2. The molecule has 0 radical (unpaired) electrons. The van der Waals surface area contributed by atoms with E-state index in [1.807, 2.05) is 36.2 Å². The highest BCUT2D eigenvalue weighted by molar-refractivity contribution is 7.93. The van der Waals surface area contributed by atoms with E-state index in [2.05, 4.69) is 16.9 Å². The average molecular weight is 432 g/mol. The topological polar surface area (TPSA) is 92.7 Å². The molecule has 0 aliphatic rings. The normalized spacial score (nSPS) is 12.7. The third kappa shape index (κ3) is 3.32. The number of aryl methyl sites for hydroxylation is 1. The Morgan fingerprint density at radius 1 is 1.32 bits per heavy atom. The molecule has 0 saturated carbocycles. The highest BCUT2D eigenvalue weighted by Crippen LogP contribution is 2.43. The molecule has 0 aliphatic heterocycles. The summed E-state index contributed by atoms with van der Waals surface area (Å²) in [6.07, 6.45) is 5.53. The fourth-order valence-corrected chi connectivity index (χ4v) is 6.45. The number of hydrogen-bond acceptors (Lipinski definition) is 7. The second-order valence-electron chi connectivity index (χ2n) is 6.53. The number of hydrogen-bond donors (Lipinski definition) is 1. The van der Waals surface area contributed by atoms with Crippen molar-refractivity contribution < 1.29 is 4.55 Å². The summed E-state index contributed by atoms with van der Waals surface area (Å²) in [5, 5.41) is 3.64. The van der Waals surface area contributed by atoms with Gasteiger partial charge in [-0.25, -0.2) is 15.0 Å². The maximum absolute atomic E-state index is 12.8. The van der Waals surface area contributed by atoms with Crippen LogP contribution in [0.15, 0.2) is 28.0 Å². The van der Waals surface area contributed by atoms with Gasteiger partial charge in [0.15, 0.2) is 0 Å². The number of pyridine rings is 1. The second-order valence-corrected chi connectivity index (χ2v) is 10.2. The van der Waals surface area contributed by atoms with Gasteiger partial charge in [0, 0.05) is 29.6 Å². The maximum Gasteiger partial charge on any atom is 0.232 e. The molecule has 0 aliphatic carbocycles. The fraction of sp³-hybridized carbons (Fsp3) is 0.316. The van der Waals surface area contributed by atoms with Crippen molar-refractivity contribution in [3.8, 4) is 22.0 Å². The lowest BCUT2D eigenvalue weighted by molar-refractivity contribution is 0.594. The summed E-state index contributed by atoms with van der Waals surface area (Å²) >= 11 is 1.85. The van der Waals surface area contributed by atoms with E-state index in [9.17, 15) is 4.55 Å². The number of thiophene rings is 1. The first-order valence-electron chi connectivity index (χ1n) is 9.01. The van der Waals surface area contributed by atoms with Crippen molar-refractivity contribution in [1.82, 2.24) is 19.5 Å². The zero-order valence-corrected chi connectivity index (χ0v) is 18.4. The number of unbranched alkanes of at least 4 members (excludes halogenated alkanes) is 1. The van der Waals surface area contributed by atoms with Gasteiger partial charge in [0.2, 0.25) is 4.21 Å². The van der Waals surface area contributed by atoms with Crippen molar-refractivity contribution in [2.45, 2.75) is 30.9 Å². The summed E-state index contributed by atoms with van der Waals surface area (Å²) in [4.78, 5) is 14.4. The second kappa shape index (κ2) is 7.82. The molecule has 0 fully saturated rings. The molecular formula is C19H21N5OS3. The lowest BCUT2D eigenvalue weighted by Gasteiger charge is -2.09. The van der Waals surface area contributed by atoms with Gasteiger partial charge in [0.25, 0.3) is 0 Å². The summed E-state index contributed by atoms with van der Waals surface area (Å²) in [6, 6.07) is 2.01. The molecule has 0 spiro atoms. The van der Waals surface area contributed by atoms with E-state index in [-0.39, 0.29) is 0 Å². The summed E-state index contributed by atoms with van der Waals surface area (Å²) in [5.41, 5.74) is 9.78. The Bertz CT molecular complexity index is 1120. The largest absolute Gasteiger partial charge is 0.611 e. The first-order valence-corrected chi connectivity index (χ1v) is 12.0. The number of nitrogens with zero attached hydrogens (tertiary/aromatic N) is 4. The Hall–Kier alpha value is -1.94. The van der Waals surface area contributed by atoms with Gasteiger partial charge in [-0.3, -0.25) is 0 Å². The zero-order valence-electron chi connectivity index (χ0n) is 15.9. The van der Waals surface area contributed by atoms with E-state index in [1.165, 1.54) is 11.3 Å². The van der Waals surface area contributed by atoms with Crippen LogP contribution in [0.5, 0.6) is 0 Å². The molecule has 0 bridgehead atoms. The lowest BCUT2D eigenvalue weighted by atomic mass is 10.1. The minimum Gasteiger partial charge on any atom is -0.611 e. The molecule has 4 aromatic heterocycles. The van der Waals surface area contributed by atoms with E-state index in [4.69, 9.17) is 10.7 Å². The molecule has 0 saturated heterocycles. The number of aromatic nitrogens is 4. The number of rotatable bonds is 6. The van der Waals surface area contributed by atoms with Gasteiger partial charge in [-0.2, -0.15) is 0 Å². The predicted molar refractivity (Wildman–Crippen MR) is 118 cm³/mol. The highest BCUT2D eigenvalue weighted by Gasteiger charge is 2.25. The summed E-state index contributed by atoms with van der Waals surface area (Å²) in [7, 11) is 1.98.